The third kappa shape index (κ3) is 2.35. The van der Waals surface area contributed by atoms with Crippen molar-refractivity contribution >= 4 is 23.2 Å². The number of carboxylic acids is 1. The number of nitrogens with zero attached hydrogens (tertiary/aromatic N) is 1. The van der Waals surface area contributed by atoms with Crippen LogP contribution in [0.2, 0.25) is 0 Å². The van der Waals surface area contributed by atoms with Gasteiger partial charge in [0.25, 0.3) is 5.91 Å². The Hall–Kier alpha value is -2.08. The summed E-state index contributed by atoms with van der Waals surface area (Å²) in [6.45, 7) is 2.33. The van der Waals surface area contributed by atoms with Crippen LogP contribution in [0.4, 0.5) is 0 Å². The van der Waals surface area contributed by atoms with Crippen molar-refractivity contribution in [1.29, 1.82) is 0 Å². The van der Waals surface area contributed by atoms with Crippen LogP contribution in [0.25, 0.3) is 0 Å². The van der Waals surface area contributed by atoms with E-state index >= 15 is 0 Å². The summed E-state index contributed by atoms with van der Waals surface area (Å²) in [5, 5.41) is 11.4. The Balaban J connectivity index is 1.94. The number of thiophene rings is 1. The summed E-state index contributed by atoms with van der Waals surface area (Å²) in [6, 6.07) is 4.23. The maximum atomic E-state index is 12.5. The van der Waals surface area contributed by atoms with Gasteiger partial charge in [-0.2, -0.15) is 0 Å². The summed E-state index contributed by atoms with van der Waals surface area (Å²) < 4.78 is 5.46. The minimum Gasteiger partial charge on any atom is -0.479 e. The number of fused-ring (bicyclic) bond motifs is 1. The SMILES string of the molecule is CCc1ccc(C(=O)N2CCc3sccc3C2C(=O)O)o1. The molecule has 2 aromatic rings. The van der Waals surface area contributed by atoms with Gasteiger partial charge in [-0.25, -0.2) is 4.79 Å². The van der Waals surface area contributed by atoms with Gasteiger partial charge in [0.05, 0.1) is 0 Å². The van der Waals surface area contributed by atoms with E-state index < -0.39 is 12.0 Å². The maximum Gasteiger partial charge on any atom is 0.331 e. The first kappa shape index (κ1) is 13.9. The molecule has 0 saturated carbocycles. The van der Waals surface area contributed by atoms with Crippen LogP contribution in [-0.4, -0.2) is 28.4 Å². The lowest BCUT2D eigenvalue weighted by molar-refractivity contribution is -0.143. The predicted octanol–water partition coefficient (Wildman–Crippen LogP) is 2.73. The fourth-order valence-electron chi connectivity index (χ4n) is 2.63. The van der Waals surface area contributed by atoms with E-state index in [0.717, 1.165) is 16.2 Å². The number of hydrogen-bond donors (Lipinski definition) is 1. The van der Waals surface area contributed by atoms with Crippen molar-refractivity contribution in [2.45, 2.75) is 25.8 Å². The standard InChI is InChI=1S/C15H15NO4S/c1-2-9-3-4-11(20-9)14(17)16-7-5-12-10(6-8-21-12)13(16)15(18)19/h3-4,6,8,13H,2,5,7H2,1H3,(H,18,19). The topological polar surface area (TPSA) is 70.8 Å². The first-order valence-electron chi connectivity index (χ1n) is 6.80. The summed E-state index contributed by atoms with van der Waals surface area (Å²) in [6.07, 6.45) is 1.38. The van der Waals surface area contributed by atoms with Crippen LogP contribution in [0.1, 0.15) is 39.7 Å². The Bertz CT molecular complexity index is 687. The predicted molar refractivity (Wildman–Crippen MR) is 77.5 cm³/mol. The summed E-state index contributed by atoms with van der Waals surface area (Å²) in [5.74, 6) is -0.445. The monoisotopic (exact) mass is 305 g/mol. The molecular weight excluding hydrogens is 290 g/mol. The van der Waals surface area contributed by atoms with Gasteiger partial charge in [-0.15, -0.1) is 11.3 Å². The number of aryl methyl sites for hydroxylation is 1. The first-order valence-corrected chi connectivity index (χ1v) is 7.68. The van der Waals surface area contributed by atoms with E-state index in [-0.39, 0.29) is 11.7 Å². The highest BCUT2D eigenvalue weighted by Gasteiger charge is 2.37. The smallest absolute Gasteiger partial charge is 0.331 e. The summed E-state index contributed by atoms with van der Waals surface area (Å²) in [4.78, 5) is 26.6. The fourth-order valence-corrected chi connectivity index (χ4v) is 3.53. The Labute approximate surface area is 125 Å². The van der Waals surface area contributed by atoms with E-state index in [1.807, 2.05) is 12.3 Å². The minimum atomic E-state index is -1.01. The largest absolute Gasteiger partial charge is 0.479 e. The van der Waals surface area contributed by atoms with Gasteiger partial charge in [0.15, 0.2) is 11.8 Å². The number of carbonyl (C=O) groups excluding carboxylic acids is 1. The molecular formula is C15H15NO4S. The van der Waals surface area contributed by atoms with Gasteiger partial charge in [-0.3, -0.25) is 4.79 Å². The van der Waals surface area contributed by atoms with Crippen LogP contribution in [0.3, 0.4) is 0 Å². The van der Waals surface area contributed by atoms with Crippen molar-refractivity contribution < 1.29 is 19.1 Å². The molecule has 3 rings (SSSR count). The highest BCUT2D eigenvalue weighted by atomic mass is 32.1. The molecule has 0 saturated heterocycles. The zero-order chi connectivity index (χ0) is 15.0. The first-order chi connectivity index (χ1) is 10.1. The molecule has 1 aliphatic rings. The highest BCUT2D eigenvalue weighted by Crippen LogP contribution is 2.34. The molecule has 1 unspecified atom stereocenters. The zero-order valence-electron chi connectivity index (χ0n) is 11.5. The highest BCUT2D eigenvalue weighted by molar-refractivity contribution is 7.10. The lowest BCUT2D eigenvalue weighted by Crippen LogP contribution is -2.42. The maximum absolute atomic E-state index is 12.5. The van der Waals surface area contributed by atoms with Crippen LogP contribution in [0.15, 0.2) is 28.0 Å². The molecule has 1 atom stereocenters. The Morgan fingerprint density at radius 3 is 2.90 bits per heavy atom. The molecule has 0 aromatic carbocycles. The number of furan rings is 1. The third-order valence-electron chi connectivity index (χ3n) is 3.68. The Morgan fingerprint density at radius 1 is 1.43 bits per heavy atom. The lowest BCUT2D eigenvalue weighted by Gasteiger charge is -2.32. The van der Waals surface area contributed by atoms with Gasteiger partial charge in [-0.05, 0) is 35.6 Å². The van der Waals surface area contributed by atoms with Gasteiger partial charge in [-0.1, -0.05) is 6.92 Å². The van der Waals surface area contributed by atoms with Crippen LogP contribution >= 0.6 is 11.3 Å². The molecule has 1 aliphatic heterocycles. The Kier molecular flexibility index (Phi) is 3.55. The number of aliphatic carboxylic acids is 1. The van der Waals surface area contributed by atoms with Crippen LogP contribution in [0, 0.1) is 0 Å². The van der Waals surface area contributed by atoms with E-state index in [0.29, 0.717) is 19.4 Å². The van der Waals surface area contributed by atoms with Crippen molar-refractivity contribution in [3.05, 3.63) is 45.5 Å². The second kappa shape index (κ2) is 5.37. The van der Waals surface area contributed by atoms with E-state index in [1.54, 1.807) is 18.2 Å². The zero-order valence-corrected chi connectivity index (χ0v) is 12.4. The van der Waals surface area contributed by atoms with Crippen molar-refractivity contribution in [1.82, 2.24) is 4.90 Å². The van der Waals surface area contributed by atoms with Gasteiger partial charge in [0.2, 0.25) is 0 Å². The summed E-state index contributed by atoms with van der Waals surface area (Å²) in [7, 11) is 0. The van der Waals surface area contributed by atoms with Crippen LogP contribution in [0.5, 0.6) is 0 Å². The summed E-state index contributed by atoms with van der Waals surface area (Å²) in [5.41, 5.74) is 0.717. The van der Waals surface area contributed by atoms with Crippen molar-refractivity contribution in [2.75, 3.05) is 6.54 Å². The fraction of sp³-hybridized carbons (Fsp3) is 0.333. The molecule has 0 bridgehead atoms. The lowest BCUT2D eigenvalue weighted by atomic mass is 10.00. The number of amides is 1. The van der Waals surface area contributed by atoms with E-state index in [4.69, 9.17) is 4.42 Å². The molecule has 0 spiro atoms. The normalized spacial score (nSPS) is 17.6. The van der Waals surface area contributed by atoms with Crippen molar-refractivity contribution in [3.8, 4) is 0 Å². The molecule has 21 heavy (non-hydrogen) atoms. The molecule has 1 N–H and O–H groups in total. The van der Waals surface area contributed by atoms with E-state index in [1.165, 1.54) is 16.2 Å². The van der Waals surface area contributed by atoms with E-state index in [2.05, 4.69) is 0 Å². The van der Waals surface area contributed by atoms with Crippen molar-refractivity contribution in [3.63, 3.8) is 0 Å². The molecule has 0 aliphatic carbocycles. The molecule has 0 radical (unpaired) electrons. The third-order valence-corrected chi connectivity index (χ3v) is 4.68. The molecule has 6 heteroatoms. The van der Waals surface area contributed by atoms with Crippen LogP contribution < -0.4 is 0 Å². The second-order valence-corrected chi connectivity index (χ2v) is 5.91. The number of carbonyl (C=O) groups is 2. The number of carboxylic acid groups (broad SMARTS) is 1. The average molecular weight is 305 g/mol. The summed E-state index contributed by atoms with van der Waals surface area (Å²) >= 11 is 1.54. The van der Waals surface area contributed by atoms with Crippen LogP contribution in [-0.2, 0) is 17.6 Å². The molecule has 0 fully saturated rings. The van der Waals surface area contributed by atoms with Crippen molar-refractivity contribution in [2.24, 2.45) is 0 Å². The number of rotatable bonds is 3. The molecule has 3 heterocycles. The quantitative estimate of drug-likeness (QED) is 0.946. The average Bonchev–Trinajstić information content (AvgIpc) is 3.13. The van der Waals surface area contributed by atoms with E-state index in [9.17, 15) is 14.7 Å². The van der Waals surface area contributed by atoms with Gasteiger partial charge >= 0.3 is 5.97 Å². The molecule has 5 nitrogen and oxygen atoms in total. The van der Waals surface area contributed by atoms with Gasteiger partial charge < -0.3 is 14.4 Å². The minimum absolute atomic E-state index is 0.205. The molecule has 1 amide bonds. The number of hydrogen-bond acceptors (Lipinski definition) is 4. The van der Waals surface area contributed by atoms with Gasteiger partial charge in [0.1, 0.15) is 5.76 Å². The second-order valence-electron chi connectivity index (χ2n) is 4.91. The molecule has 2 aromatic heterocycles. The molecule has 110 valence electrons. The van der Waals surface area contributed by atoms with Gasteiger partial charge in [0, 0.05) is 17.8 Å². The Morgan fingerprint density at radius 2 is 2.24 bits per heavy atom.